The highest BCUT2D eigenvalue weighted by Crippen LogP contribution is 2.38. The van der Waals surface area contributed by atoms with Crippen LogP contribution in [0.5, 0.6) is 0 Å². The van der Waals surface area contributed by atoms with E-state index in [1.54, 1.807) is 4.90 Å². The lowest BCUT2D eigenvalue weighted by molar-refractivity contribution is -0.137. The van der Waals surface area contributed by atoms with Gasteiger partial charge in [-0.15, -0.1) is 0 Å². The first-order valence-corrected chi connectivity index (χ1v) is 7.97. The summed E-state index contributed by atoms with van der Waals surface area (Å²) in [5.74, 6) is 0.305. The van der Waals surface area contributed by atoms with E-state index in [-0.39, 0.29) is 27.9 Å². The van der Waals surface area contributed by atoms with Gasteiger partial charge in [-0.05, 0) is 42.9 Å². The van der Waals surface area contributed by atoms with Crippen molar-refractivity contribution in [3.05, 3.63) is 33.8 Å². The van der Waals surface area contributed by atoms with E-state index in [1.165, 1.54) is 6.07 Å². The molecule has 1 aliphatic heterocycles. The van der Waals surface area contributed by atoms with Gasteiger partial charge in [0, 0.05) is 29.2 Å². The Bertz CT molecular complexity index is 605. The van der Waals surface area contributed by atoms with Gasteiger partial charge in [-0.3, -0.25) is 4.79 Å². The third-order valence-electron chi connectivity index (χ3n) is 4.67. The monoisotopic (exact) mass is 376 g/mol. The van der Waals surface area contributed by atoms with Crippen molar-refractivity contribution in [2.24, 2.45) is 17.6 Å². The second-order valence-corrected chi connectivity index (χ2v) is 7.02. The van der Waals surface area contributed by atoms with E-state index in [1.807, 2.05) is 0 Å². The van der Waals surface area contributed by atoms with Crippen LogP contribution in [0.15, 0.2) is 22.7 Å². The number of fused-ring (bicyclic) bond motifs is 1. The molecule has 3 atom stereocenters. The predicted octanol–water partition coefficient (Wildman–Crippen LogP) is 3.28. The summed E-state index contributed by atoms with van der Waals surface area (Å²) in [6, 6.07) is 3.43. The standard InChI is InChI=1S/C15H16BrF3N2O/c16-11-4-9(3-10(5-11)15(17,18)19)14(22)21-6-8-1-2-13(20)12(8)7-21/h3-5,8,12-13H,1-2,6-7,20H2. The first kappa shape index (κ1) is 15.8. The summed E-state index contributed by atoms with van der Waals surface area (Å²) in [6.45, 7) is 1.13. The molecule has 7 heteroatoms. The molecule has 1 aromatic carbocycles. The number of hydrogen-bond donors (Lipinski definition) is 1. The van der Waals surface area contributed by atoms with Crippen molar-refractivity contribution in [3.8, 4) is 0 Å². The van der Waals surface area contributed by atoms with Crippen LogP contribution in [0.4, 0.5) is 13.2 Å². The molecule has 0 aromatic heterocycles. The summed E-state index contributed by atoms with van der Waals surface area (Å²) in [6.07, 6.45) is -2.52. The van der Waals surface area contributed by atoms with Crippen LogP contribution in [-0.2, 0) is 6.18 Å². The number of carbonyl (C=O) groups is 1. The lowest BCUT2D eigenvalue weighted by Gasteiger charge is -2.19. The Morgan fingerprint density at radius 1 is 1.23 bits per heavy atom. The molecule has 1 heterocycles. The van der Waals surface area contributed by atoms with Crippen molar-refractivity contribution >= 4 is 21.8 Å². The van der Waals surface area contributed by atoms with E-state index < -0.39 is 11.7 Å². The van der Waals surface area contributed by atoms with Gasteiger partial charge in [0.05, 0.1) is 5.56 Å². The summed E-state index contributed by atoms with van der Waals surface area (Å²) in [5, 5.41) is 0. The lowest BCUT2D eigenvalue weighted by atomic mass is 9.98. The molecule has 0 spiro atoms. The second-order valence-electron chi connectivity index (χ2n) is 6.10. The average Bonchev–Trinajstić information content (AvgIpc) is 2.99. The van der Waals surface area contributed by atoms with Crippen molar-refractivity contribution < 1.29 is 18.0 Å². The number of nitrogens with two attached hydrogens (primary N) is 1. The Kier molecular flexibility index (Phi) is 3.97. The number of nitrogens with zero attached hydrogens (tertiary/aromatic N) is 1. The maximum atomic E-state index is 12.9. The fourth-order valence-electron chi connectivity index (χ4n) is 3.53. The van der Waals surface area contributed by atoms with Crippen LogP contribution >= 0.6 is 15.9 Å². The molecule has 120 valence electrons. The summed E-state index contributed by atoms with van der Waals surface area (Å²) < 4.78 is 38.8. The molecule has 1 amide bonds. The molecule has 2 fully saturated rings. The van der Waals surface area contributed by atoms with E-state index in [4.69, 9.17) is 5.73 Å². The maximum absolute atomic E-state index is 12.9. The number of hydrogen-bond acceptors (Lipinski definition) is 2. The van der Waals surface area contributed by atoms with Gasteiger partial charge in [0.15, 0.2) is 0 Å². The molecule has 1 saturated heterocycles. The zero-order valence-electron chi connectivity index (χ0n) is 11.7. The number of halogens is 4. The van der Waals surface area contributed by atoms with Gasteiger partial charge < -0.3 is 10.6 Å². The van der Waals surface area contributed by atoms with Crippen LogP contribution in [0, 0.1) is 11.8 Å². The molecule has 0 bridgehead atoms. The fourth-order valence-corrected chi connectivity index (χ4v) is 4.03. The second kappa shape index (κ2) is 5.53. The minimum atomic E-state index is -4.47. The normalized spacial score (nSPS) is 28.0. The zero-order valence-corrected chi connectivity index (χ0v) is 13.3. The smallest absolute Gasteiger partial charge is 0.338 e. The average molecular weight is 377 g/mol. The third-order valence-corrected chi connectivity index (χ3v) is 5.13. The molecular weight excluding hydrogens is 361 g/mol. The van der Waals surface area contributed by atoms with E-state index >= 15 is 0 Å². The van der Waals surface area contributed by atoms with Crippen LogP contribution < -0.4 is 5.73 Å². The van der Waals surface area contributed by atoms with Gasteiger partial charge in [0.25, 0.3) is 5.91 Å². The molecule has 0 radical (unpaired) electrons. The van der Waals surface area contributed by atoms with Crippen LogP contribution in [0.1, 0.15) is 28.8 Å². The first-order chi connectivity index (χ1) is 10.3. The molecule has 2 aliphatic rings. The van der Waals surface area contributed by atoms with Crippen LogP contribution in [0.2, 0.25) is 0 Å². The molecule has 2 N–H and O–H groups in total. The van der Waals surface area contributed by atoms with Gasteiger partial charge in [-0.25, -0.2) is 0 Å². The van der Waals surface area contributed by atoms with Crippen LogP contribution in [0.25, 0.3) is 0 Å². The zero-order chi connectivity index (χ0) is 16.1. The van der Waals surface area contributed by atoms with Crippen molar-refractivity contribution in [1.29, 1.82) is 0 Å². The molecular formula is C15H16BrF3N2O. The van der Waals surface area contributed by atoms with Crippen LogP contribution in [-0.4, -0.2) is 29.9 Å². The van der Waals surface area contributed by atoms with Crippen molar-refractivity contribution in [3.63, 3.8) is 0 Å². The Hall–Kier alpha value is -1.08. The molecule has 22 heavy (non-hydrogen) atoms. The summed E-state index contributed by atoms with van der Waals surface area (Å²) >= 11 is 3.05. The van der Waals surface area contributed by atoms with Crippen molar-refractivity contribution in [2.75, 3.05) is 13.1 Å². The quantitative estimate of drug-likeness (QED) is 0.817. The van der Waals surface area contributed by atoms with Gasteiger partial charge in [-0.2, -0.15) is 13.2 Å². The van der Waals surface area contributed by atoms with E-state index in [2.05, 4.69) is 15.9 Å². The number of alkyl halides is 3. The largest absolute Gasteiger partial charge is 0.416 e. The fraction of sp³-hybridized carbons (Fsp3) is 0.533. The van der Waals surface area contributed by atoms with Crippen molar-refractivity contribution in [2.45, 2.75) is 25.1 Å². The Morgan fingerprint density at radius 3 is 2.59 bits per heavy atom. The summed E-state index contributed by atoms with van der Waals surface area (Å²) in [7, 11) is 0. The topological polar surface area (TPSA) is 46.3 Å². The molecule has 1 aliphatic carbocycles. The number of carbonyl (C=O) groups excluding carboxylic acids is 1. The van der Waals surface area contributed by atoms with Crippen molar-refractivity contribution in [1.82, 2.24) is 4.90 Å². The van der Waals surface area contributed by atoms with E-state index in [0.717, 1.165) is 25.0 Å². The number of benzene rings is 1. The minimum Gasteiger partial charge on any atom is -0.338 e. The number of likely N-dealkylation sites (tertiary alicyclic amines) is 1. The molecule has 1 aromatic rings. The van der Waals surface area contributed by atoms with E-state index in [9.17, 15) is 18.0 Å². The lowest BCUT2D eigenvalue weighted by Crippen LogP contribution is -2.33. The van der Waals surface area contributed by atoms with Gasteiger partial charge in [0.2, 0.25) is 0 Å². The first-order valence-electron chi connectivity index (χ1n) is 7.18. The highest BCUT2D eigenvalue weighted by atomic mass is 79.9. The predicted molar refractivity (Wildman–Crippen MR) is 79.2 cm³/mol. The molecule has 1 saturated carbocycles. The molecule has 3 rings (SSSR count). The summed E-state index contributed by atoms with van der Waals surface area (Å²) in [4.78, 5) is 14.1. The SMILES string of the molecule is NC1CCC2CN(C(=O)c3cc(Br)cc(C(F)(F)F)c3)CC12. The minimum absolute atomic E-state index is 0.0650. The highest BCUT2D eigenvalue weighted by Gasteiger charge is 2.43. The molecule has 3 nitrogen and oxygen atoms in total. The third kappa shape index (κ3) is 2.88. The number of rotatable bonds is 1. The highest BCUT2D eigenvalue weighted by molar-refractivity contribution is 9.10. The Balaban J connectivity index is 1.83. The Morgan fingerprint density at radius 2 is 1.95 bits per heavy atom. The molecule has 3 unspecified atom stereocenters. The van der Waals surface area contributed by atoms with Crippen LogP contribution in [0.3, 0.4) is 0 Å². The number of amides is 1. The van der Waals surface area contributed by atoms with Gasteiger partial charge >= 0.3 is 6.18 Å². The van der Waals surface area contributed by atoms with Gasteiger partial charge in [-0.1, -0.05) is 15.9 Å². The Labute approximate surface area is 134 Å². The van der Waals surface area contributed by atoms with Gasteiger partial charge in [0.1, 0.15) is 0 Å². The summed E-state index contributed by atoms with van der Waals surface area (Å²) in [5.41, 5.74) is 5.28. The van der Waals surface area contributed by atoms with E-state index in [0.29, 0.717) is 19.0 Å². The maximum Gasteiger partial charge on any atom is 0.416 e.